The van der Waals surface area contributed by atoms with Crippen LogP contribution in [0.15, 0.2) is 29.4 Å². The van der Waals surface area contributed by atoms with Crippen molar-refractivity contribution in [1.82, 2.24) is 15.2 Å². The number of nitrogens with two attached hydrogens (primary N) is 1. The van der Waals surface area contributed by atoms with E-state index in [1.54, 1.807) is 0 Å². The van der Waals surface area contributed by atoms with Gasteiger partial charge >= 0.3 is 0 Å². The van der Waals surface area contributed by atoms with Crippen LogP contribution in [-0.4, -0.2) is 23.6 Å². The minimum Gasteiger partial charge on any atom is -0.248 e. The van der Waals surface area contributed by atoms with Crippen LogP contribution in [0.5, 0.6) is 0 Å². The summed E-state index contributed by atoms with van der Waals surface area (Å²) in [6.45, 7) is 0. The molecule has 2 aromatic rings. The van der Waals surface area contributed by atoms with Gasteiger partial charge in [-0.15, -0.1) is 0 Å². The Hall–Kier alpha value is -1.80. The number of nitrogens with zero attached hydrogens (tertiary/aromatic N) is 2. The number of sulfonamides is 1. The predicted octanol–water partition coefficient (Wildman–Crippen LogP) is 0.258. The zero-order valence-corrected chi connectivity index (χ0v) is 8.70. The number of hydrogen-bond acceptors (Lipinski definition) is 4. The Bertz CT molecular complexity index is 605. The molecule has 0 radical (unpaired) electrons. The first-order chi connectivity index (χ1) is 7.47. The topological polar surface area (TPSA) is 102 Å². The van der Waals surface area contributed by atoms with Crippen LogP contribution < -0.4 is 5.14 Å². The van der Waals surface area contributed by atoms with Gasteiger partial charge in [-0.3, -0.25) is 0 Å². The molecule has 0 amide bonds. The number of benzene rings is 1. The summed E-state index contributed by atoms with van der Waals surface area (Å²) in [5.74, 6) is -0.255. The molecule has 3 N–H and O–H groups in total. The SMILES string of the molecule is NS(=O)(=O)c1nc(-c2ccc(F)cc2)n[nH]1. The normalized spacial score (nSPS) is 11.6. The molecule has 1 aromatic heterocycles. The number of halogens is 1. The van der Waals surface area contributed by atoms with E-state index in [0.717, 1.165) is 0 Å². The summed E-state index contributed by atoms with van der Waals surface area (Å²) in [7, 11) is -3.90. The fourth-order valence-electron chi connectivity index (χ4n) is 1.10. The molecule has 0 saturated carbocycles. The molecule has 0 aliphatic heterocycles. The van der Waals surface area contributed by atoms with E-state index in [2.05, 4.69) is 15.2 Å². The van der Waals surface area contributed by atoms with E-state index in [9.17, 15) is 12.8 Å². The zero-order valence-electron chi connectivity index (χ0n) is 7.88. The van der Waals surface area contributed by atoms with Crippen LogP contribution >= 0.6 is 0 Å². The van der Waals surface area contributed by atoms with Crippen LogP contribution in [0.1, 0.15) is 0 Å². The van der Waals surface area contributed by atoms with Crippen molar-refractivity contribution in [2.24, 2.45) is 5.14 Å². The Labute approximate surface area is 90.4 Å². The van der Waals surface area contributed by atoms with Gasteiger partial charge in [-0.1, -0.05) is 0 Å². The van der Waals surface area contributed by atoms with Crippen molar-refractivity contribution >= 4 is 10.0 Å². The molecule has 6 nitrogen and oxygen atoms in total. The third kappa shape index (κ3) is 2.07. The average Bonchev–Trinajstić information content (AvgIpc) is 2.67. The minimum absolute atomic E-state index is 0.143. The highest BCUT2D eigenvalue weighted by molar-refractivity contribution is 7.89. The molecule has 0 fully saturated rings. The third-order valence-corrected chi connectivity index (χ3v) is 2.56. The van der Waals surface area contributed by atoms with Gasteiger partial charge in [-0.2, -0.15) is 10.1 Å². The van der Waals surface area contributed by atoms with Crippen molar-refractivity contribution in [3.05, 3.63) is 30.1 Å². The van der Waals surface area contributed by atoms with E-state index >= 15 is 0 Å². The third-order valence-electron chi connectivity index (χ3n) is 1.84. The van der Waals surface area contributed by atoms with E-state index < -0.39 is 21.0 Å². The summed E-state index contributed by atoms with van der Waals surface area (Å²) in [5, 5.41) is 10.3. The minimum atomic E-state index is -3.90. The molecule has 0 spiro atoms. The van der Waals surface area contributed by atoms with Crippen LogP contribution in [0, 0.1) is 5.82 Å². The van der Waals surface area contributed by atoms with Gasteiger partial charge in [0, 0.05) is 5.56 Å². The summed E-state index contributed by atoms with van der Waals surface area (Å²) in [6.07, 6.45) is 0. The summed E-state index contributed by atoms with van der Waals surface area (Å²) >= 11 is 0. The van der Waals surface area contributed by atoms with Gasteiger partial charge in [-0.25, -0.2) is 23.0 Å². The number of rotatable bonds is 2. The summed E-state index contributed by atoms with van der Waals surface area (Å²) in [6, 6.07) is 5.32. The molecule has 0 saturated heterocycles. The highest BCUT2D eigenvalue weighted by Gasteiger charge is 2.14. The van der Waals surface area contributed by atoms with Crippen molar-refractivity contribution in [1.29, 1.82) is 0 Å². The van der Waals surface area contributed by atoms with Gasteiger partial charge in [0.05, 0.1) is 0 Å². The van der Waals surface area contributed by atoms with Gasteiger partial charge in [0.2, 0.25) is 0 Å². The smallest absolute Gasteiger partial charge is 0.248 e. The quantitative estimate of drug-likeness (QED) is 0.788. The van der Waals surface area contributed by atoms with Crippen molar-refractivity contribution in [3.63, 3.8) is 0 Å². The van der Waals surface area contributed by atoms with Crippen LogP contribution in [0.3, 0.4) is 0 Å². The van der Waals surface area contributed by atoms with Gasteiger partial charge in [0.25, 0.3) is 15.2 Å². The molecule has 0 atom stereocenters. The van der Waals surface area contributed by atoms with E-state index in [1.165, 1.54) is 24.3 Å². The van der Waals surface area contributed by atoms with E-state index in [1.807, 2.05) is 0 Å². The van der Waals surface area contributed by atoms with Crippen LogP contribution in [0.2, 0.25) is 0 Å². The number of hydrogen-bond donors (Lipinski definition) is 2. The Morgan fingerprint density at radius 1 is 1.25 bits per heavy atom. The fraction of sp³-hybridized carbons (Fsp3) is 0. The lowest BCUT2D eigenvalue weighted by molar-refractivity contribution is 0.589. The van der Waals surface area contributed by atoms with Crippen molar-refractivity contribution < 1.29 is 12.8 Å². The van der Waals surface area contributed by atoms with Crippen LogP contribution in [0.25, 0.3) is 11.4 Å². The standard InChI is InChI=1S/C8H7FN4O2S/c9-6-3-1-5(2-4-6)7-11-8(13-12-7)16(10,14)15/h1-4H,(H2,10,14,15)(H,11,12,13). The maximum absolute atomic E-state index is 12.6. The zero-order chi connectivity index (χ0) is 11.8. The Kier molecular flexibility index (Phi) is 2.44. The lowest BCUT2D eigenvalue weighted by Gasteiger charge is -1.93. The van der Waals surface area contributed by atoms with Crippen molar-refractivity contribution in [2.75, 3.05) is 0 Å². The predicted molar refractivity (Wildman–Crippen MR) is 53.1 cm³/mol. The van der Waals surface area contributed by atoms with Gasteiger partial charge in [0.15, 0.2) is 5.82 Å². The number of aromatic amines is 1. The van der Waals surface area contributed by atoms with Crippen molar-refractivity contribution in [3.8, 4) is 11.4 Å². The molecule has 0 unspecified atom stereocenters. The Balaban J connectivity index is 2.43. The number of nitrogens with one attached hydrogen (secondary N) is 1. The van der Waals surface area contributed by atoms with Crippen LogP contribution in [0.4, 0.5) is 4.39 Å². The summed E-state index contributed by atoms with van der Waals surface area (Å²) in [5.41, 5.74) is 0.493. The molecule has 0 bridgehead atoms. The maximum Gasteiger partial charge on any atom is 0.273 e. The average molecular weight is 242 g/mol. The first kappa shape index (κ1) is 10.7. The van der Waals surface area contributed by atoms with Gasteiger partial charge in [-0.05, 0) is 24.3 Å². The molecule has 0 aliphatic rings. The molecule has 1 heterocycles. The lowest BCUT2D eigenvalue weighted by Crippen LogP contribution is -2.13. The molecule has 84 valence electrons. The second kappa shape index (κ2) is 3.65. The van der Waals surface area contributed by atoms with E-state index in [0.29, 0.717) is 5.56 Å². The maximum atomic E-state index is 12.6. The molecular weight excluding hydrogens is 235 g/mol. The lowest BCUT2D eigenvalue weighted by atomic mass is 10.2. The summed E-state index contributed by atoms with van der Waals surface area (Å²) in [4.78, 5) is 3.68. The van der Waals surface area contributed by atoms with E-state index in [4.69, 9.17) is 5.14 Å². The van der Waals surface area contributed by atoms with E-state index in [-0.39, 0.29) is 5.82 Å². The molecule has 0 aliphatic carbocycles. The number of primary sulfonamides is 1. The fourth-order valence-corrected chi connectivity index (χ4v) is 1.49. The Morgan fingerprint density at radius 3 is 2.38 bits per heavy atom. The molecule has 2 rings (SSSR count). The monoisotopic (exact) mass is 242 g/mol. The first-order valence-electron chi connectivity index (χ1n) is 4.18. The van der Waals surface area contributed by atoms with Crippen molar-refractivity contribution in [2.45, 2.75) is 5.16 Å². The second-order valence-electron chi connectivity index (χ2n) is 3.02. The largest absolute Gasteiger partial charge is 0.273 e. The van der Waals surface area contributed by atoms with Crippen LogP contribution in [-0.2, 0) is 10.0 Å². The molecule has 16 heavy (non-hydrogen) atoms. The Morgan fingerprint density at radius 2 is 1.88 bits per heavy atom. The molecule has 1 aromatic carbocycles. The molecular formula is C8H7FN4O2S. The number of aromatic nitrogens is 3. The summed E-state index contributed by atoms with van der Waals surface area (Å²) < 4.78 is 34.5. The highest BCUT2D eigenvalue weighted by atomic mass is 32.2. The number of H-pyrrole nitrogens is 1. The molecule has 8 heteroatoms. The van der Waals surface area contributed by atoms with Gasteiger partial charge in [0.1, 0.15) is 5.82 Å². The van der Waals surface area contributed by atoms with Gasteiger partial charge < -0.3 is 0 Å². The second-order valence-corrected chi connectivity index (χ2v) is 4.49. The first-order valence-corrected chi connectivity index (χ1v) is 5.72. The highest BCUT2D eigenvalue weighted by Crippen LogP contribution is 2.15.